The second-order valence-corrected chi connectivity index (χ2v) is 3.85. The van der Waals surface area contributed by atoms with E-state index in [4.69, 9.17) is 10.3 Å². The highest BCUT2D eigenvalue weighted by atomic mass is 16.5. The summed E-state index contributed by atoms with van der Waals surface area (Å²) in [7, 11) is 0. The molecule has 0 radical (unpaired) electrons. The van der Waals surface area contributed by atoms with Crippen molar-refractivity contribution in [2.24, 2.45) is 5.11 Å². The summed E-state index contributed by atoms with van der Waals surface area (Å²) in [5.41, 5.74) is 9.33. The maximum absolute atomic E-state index is 8.12. The molecule has 1 rings (SSSR count). The summed E-state index contributed by atoms with van der Waals surface area (Å²) in [6, 6.07) is 8.03. The molecular weight excluding hydrogens is 202 g/mol. The average Bonchev–Trinajstić information content (AvgIpc) is 2.29. The monoisotopic (exact) mass is 219 g/mol. The summed E-state index contributed by atoms with van der Waals surface area (Å²) >= 11 is 0. The Morgan fingerprint density at radius 3 is 2.81 bits per heavy atom. The van der Waals surface area contributed by atoms with Crippen LogP contribution in [-0.2, 0) is 0 Å². The minimum absolute atomic E-state index is 0.452. The molecule has 0 amide bonds. The normalized spacial score (nSPS) is 9.94. The summed E-state index contributed by atoms with van der Waals surface area (Å²) in [5, 5.41) is 3.46. The fraction of sp³-hybridized carbons (Fsp3) is 0.500. The van der Waals surface area contributed by atoms with Crippen LogP contribution in [0.4, 0.5) is 0 Å². The molecule has 0 aromatic heterocycles. The van der Waals surface area contributed by atoms with Crippen molar-refractivity contribution in [1.82, 2.24) is 0 Å². The maximum Gasteiger partial charge on any atom is 0.122 e. The number of para-hydroxylation sites is 1. The molecule has 4 nitrogen and oxygen atoms in total. The highest BCUT2D eigenvalue weighted by Crippen LogP contribution is 2.25. The zero-order valence-electron chi connectivity index (χ0n) is 9.76. The first kappa shape index (κ1) is 12.4. The summed E-state index contributed by atoms with van der Waals surface area (Å²) in [6.07, 6.45) is 0.747. The van der Waals surface area contributed by atoms with Gasteiger partial charge in [0.25, 0.3) is 0 Å². The van der Waals surface area contributed by atoms with Crippen molar-refractivity contribution < 1.29 is 4.74 Å². The Morgan fingerprint density at radius 2 is 2.12 bits per heavy atom. The molecule has 0 aliphatic rings. The minimum atomic E-state index is 0.452. The molecule has 86 valence electrons. The molecule has 0 heterocycles. The van der Waals surface area contributed by atoms with Gasteiger partial charge in [0, 0.05) is 11.5 Å². The highest BCUT2D eigenvalue weighted by molar-refractivity contribution is 5.35. The molecule has 0 bridgehead atoms. The van der Waals surface area contributed by atoms with Gasteiger partial charge in [0.15, 0.2) is 0 Å². The molecule has 1 aromatic rings. The Balaban J connectivity index is 2.49. The van der Waals surface area contributed by atoms with Gasteiger partial charge in [-0.3, -0.25) is 0 Å². The van der Waals surface area contributed by atoms with Crippen LogP contribution in [0.1, 0.15) is 31.7 Å². The lowest BCUT2D eigenvalue weighted by Gasteiger charge is -2.13. The van der Waals surface area contributed by atoms with Crippen LogP contribution in [0.3, 0.4) is 0 Å². The van der Waals surface area contributed by atoms with Crippen molar-refractivity contribution in [2.75, 3.05) is 13.2 Å². The van der Waals surface area contributed by atoms with Gasteiger partial charge in [0.1, 0.15) is 5.75 Å². The lowest BCUT2D eigenvalue weighted by Crippen LogP contribution is -2.02. The Hall–Kier alpha value is -1.67. The van der Waals surface area contributed by atoms with E-state index in [2.05, 4.69) is 29.9 Å². The van der Waals surface area contributed by atoms with Crippen LogP contribution in [-0.4, -0.2) is 13.2 Å². The van der Waals surface area contributed by atoms with E-state index in [1.807, 2.05) is 18.2 Å². The smallest absolute Gasteiger partial charge is 0.122 e. The molecule has 4 heteroatoms. The third-order valence-corrected chi connectivity index (χ3v) is 2.26. The second-order valence-electron chi connectivity index (χ2n) is 3.85. The van der Waals surface area contributed by atoms with Gasteiger partial charge in [-0.2, -0.15) is 0 Å². The Kier molecular flexibility index (Phi) is 5.23. The molecule has 0 aliphatic heterocycles. The van der Waals surface area contributed by atoms with Crippen molar-refractivity contribution in [1.29, 1.82) is 0 Å². The number of nitrogens with zero attached hydrogens (tertiary/aromatic N) is 3. The van der Waals surface area contributed by atoms with Gasteiger partial charge in [-0.1, -0.05) is 37.2 Å². The molecule has 0 saturated carbocycles. The molecule has 1 aromatic carbocycles. The Bertz CT molecular complexity index is 370. The lowest BCUT2D eigenvalue weighted by molar-refractivity contribution is 0.309. The van der Waals surface area contributed by atoms with Crippen LogP contribution >= 0.6 is 0 Å². The van der Waals surface area contributed by atoms with Crippen LogP contribution < -0.4 is 4.74 Å². The topological polar surface area (TPSA) is 58.0 Å². The van der Waals surface area contributed by atoms with Crippen molar-refractivity contribution in [3.63, 3.8) is 0 Å². The van der Waals surface area contributed by atoms with Gasteiger partial charge in [0.2, 0.25) is 0 Å². The van der Waals surface area contributed by atoms with Crippen molar-refractivity contribution in [2.45, 2.75) is 26.2 Å². The van der Waals surface area contributed by atoms with Gasteiger partial charge in [0.05, 0.1) is 6.61 Å². The van der Waals surface area contributed by atoms with E-state index in [1.165, 1.54) is 5.56 Å². The van der Waals surface area contributed by atoms with Crippen LogP contribution in [0.25, 0.3) is 10.4 Å². The van der Waals surface area contributed by atoms with Gasteiger partial charge < -0.3 is 4.74 Å². The van der Waals surface area contributed by atoms with E-state index in [0.29, 0.717) is 19.1 Å². The zero-order valence-corrected chi connectivity index (χ0v) is 9.76. The molecular formula is C12H17N3O. The molecule has 0 unspecified atom stereocenters. The predicted octanol–water partition coefficient (Wildman–Crippen LogP) is 3.89. The van der Waals surface area contributed by atoms with Crippen LogP contribution in [0.2, 0.25) is 0 Å². The minimum Gasteiger partial charge on any atom is -0.493 e. The third kappa shape index (κ3) is 3.83. The molecule has 0 fully saturated rings. The fourth-order valence-corrected chi connectivity index (χ4v) is 1.45. The second kappa shape index (κ2) is 6.75. The van der Waals surface area contributed by atoms with Crippen LogP contribution in [0.15, 0.2) is 29.4 Å². The Labute approximate surface area is 95.9 Å². The Morgan fingerprint density at radius 1 is 1.38 bits per heavy atom. The molecule has 0 atom stereocenters. The van der Waals surface area contributed by atoms with Gasteiger partial charge in [-0.05, 0) is 29.5 Å². The maximum atomic E-state index is 8.12. The van der Waals surface area contributed by atoms with Crippen molar-refractivity contribution in [3.8, 4) is 5.75 Å². The molecule has 16 heavy (non-hydrogen) atoms. The summed E-state index contributed by atoms with van der Waals surface area (Å²) in [4.78, 5) is 2.70. The largest absolute Gasteiger partial charge is 0.493 e. The van der Waals surface area contributed by atoms with Crippen molar-refractivity contribution in [3.05, 3.63) is 40.3 Å². The predicted molar refractivity (Wildman–Crippen MR) is 64.7 cm³/mol. The molecule has 0 saturated heterocycles. The summed E-state index contributed by atoms with van der Waals surface area (Å²) in [6.45, 7) is 5.35. The van der Waals surface area contributed by atoms with Gasteiger partial charge in [-0.25, -0.2) is 0 Å². The number of hydrogen-bond donors (Lipinski definition) is 0. The standard InChI is InChI=1S/C12H17N3O/c1-10(2)11-6-3-4-7-12(11)16-9-5-8-14-15-13/h3-4,6-7,10H,5,8-9H2,1-2H3. The number of benzene rings is 1. The van der Waals surface area contributed by atoms with E-state index in [1.54, 1.807) is 0 Å². The quantitative estimate of drug-likeness (QED) is 0.310. The van der Waals surface area contributed by atoms with E-state index in [-0.39, 0.29) is 0 Å². The first-order chi connectivity index (χ1) is 7.75. The van der Waals surface area contributed by atoms with Crippen LogP contribution in [0.5, 0.6) is 5.75 Å². The van der Waals surface area contributed by atoms with E-state index in [0.717, 1.165) is 12.2 Å². The highest BCUT2D eigenvalue weighted by Gasteiger charge is 2.05. The molecule has 0 spiro atoms. The number of azide groups is 1. The lowest BCUT2D eigenvalue weighted by atomic mass is 10.0. The third-order valence-electron chi connectivity index (χ3n) is 2.26. The molecule has 0 N–H and O–H groups in total. The van der Waals surface area contributed by atoms with E-state index in [9.17, 15) is 0 Å². The van der Waals surface area contributed by atoms with Gasteiger partial charge >= 0.3 is 0 Å². The van der Waals surface area contributed by atoms with E-state index >= 15 is 0 Å². The fourth-order valence-electron chi connectivity index (χ4n) is 1.45. The van der Waals surface area contributed by atoms with Gasteiger partial charge in [-0.15, -0.1) is 0 Å². The number of rotatable bonds is 6. The SMILES string of the molecule is CC(C)c1ccccc1OCCCN=[N+]=[N-]. The molecule has 0 aliphatic carbocycles. The first-order valence-corrected chi connectivity index (χ1v) is 5.48. The van der Waals surface area contributed by atoms with Crippen molar-refractivity contribution >= 4 is 0 Å². The van der Waals surface area contributed by atoms with E-state index < -0.39 is 0 Å². The van der Waals surface area contributed by atoms with Crippen LogP contribution in [0, 0.1) is 0 Å². The average molecular weight is 219 g/mol. The number of ether oxygens (including phenoxy) is 1. The summed E-state index contributed by atoms with van der Waals surface area (Å²) in [5.74, 6) is 1.38. The summed E-state index contributed by atoms with van der Waals surface area (Å²) < 4.78 is 5.66. The zero-order chi connectivity index (χ0) is 11.8. The number of hydrogen-bond acceptors (Lipinski definition) is 2. The first-order valence-electron chi connectivity index (χ1n) is 5.48.